The highest BCUT2D eigenvalue weighted by Crippen LogP contribution is 2.24. The van der Waals surface area contributed by atoms with Crippen LogP contribution in [0.25, 0.3) is 5.95 Å². The van der Waals surface area contributed by atoms with Crippen LogP contribution in [0.3, 0.4) is 0 Å². The van der Waals surface area contributed by atoms with E-state index in [0.29, 0.717) is 18.4 Å². The smallest absolute Gasteiger partial charge is 0.257 e. The summed E-state index contributed by atoms with van der Waals surface area (Å²) < 4.78 is 7.25. The Morgan fingerprint density at radius 2 is 2.35 bits per heavy atom. The standard InChI is InChI=1S/C12H17N7O/c1-12(4-2-7-20-12)8-14-10-16-9(13)17-11(18-10)19-6-3-5-15-19/h3,5-6H,2,4,7-8H2,1H3,(H3,13,14,16,17,18). The average Bonchev–Trinajstić information content (AvgIpc) is 3.08. The van der Waals surface area contributed by atoms with E-state index in [1.807, 2.05) is 0 Å². The van der Waals surface area contributed by atoms with Gasteiger partial charge in [0.25, 0.3) is 5.95 Å². The van der Waals surface area contributed by atoms with E-state index in [9.17, 15) is 0 Å². The lowest BCUT2D eigenvalue weighted by atomic mass is 10.0. The van der Waals surface area contributed by atoms with Crippen molar-refractivity contribution in [3.8, 4) is 5.95 Å². The van der Waals surface area contributed by atoms with Crippen molar-refractivity contribution >= 4 is 11.9 Å². The number of nitrogen functional groups attached to an aromatic ring is 1. The van der Waals surface area contributed by atoms with Gasteiger partial charge in [-0.2, -0.15) is 20.1 Å². The second-order valence-electron chi connectivity index (χ2n) is 5.02. The van der Waals surface area contributed by atoms with E-state index < -0.39 is 0 Å². The Bertz CT molecular complexity index is 577. The van der Waals surface area contributed by atoms with Crippen molar-refractivity contribution in [3.63, 3.8) is 0 Å². The molecule has 1 unspecified atom stereocenters. The Morgan fingerprint density at radius 3 is 3.05 bits per heavy atom. The molecule has 2 aromatic heterocycles. The largest absolute Gasteiger partial charge is 0.373 e. The molecule has 0 spiro atoms. The fourth-order valence-electron chi connectivity index (χ4n) is 2.19. The average molecular weight is 275 g/mol. The minimum atomic E-state index is -0.173. The molecule has 0 aromatic carbocycles. The minimum Gasteiger partial charge on any atom is -0.373 e. The van der Waals surface area contributed by atoms with Gasteiger partial charge >= 0.3 is 0 Å². The molecule has 8 nitrogen and oxygen atoms in total. The Balaban J connectivity index is 1.76. The molecule has 1 aliphatic rings. The zero-order valence-corrected chi connectivity index (χ0v) is 11.3. The molecule has 1 fully saturated rings. The molecule has 1 atom stereocenters. The first-order valence-corrected chi connectivity index (χ1v) is 6.54. The predicted octanol–water partition coefficient (Wildman–Crippen LogP) is 0.620. The van der Waals surface area contributed by atoms with Gasteiger partial charge in [-0.15, -0.1) is 0 Å². The molecule has 0 amide bonds. The summed E-state index contributed by atoms with van der Waals surface area (Å²) in [6.07, 6.45) is 5.50. The number of aromatic nitrogens is 5. The van der Waals surface area contributed by atoms with Crippen LogP contribution in [-0.2, 0) is 4.74 Å². The number of ether oxygens (including phenoxy) is 1. The van der Waals surface area contributed by atoms with Gasteiger partial charge < -0.3 is 15.8 Å². The lowest BCUT2D eigenvalue weighted by Gasteiger charge is -2.23. The maximum absolute atomic E-state index is 5.71. The van der Waals surface area contributed by atoms with Gasteiger partial charge in [-0.3, -0.25) is 0 Å². The summed E-state index contributed by atoms with van der Waals surface area (Å²) in [6.45, 7) is 3.51. The third-order valence-corrected chi connectivity index (χ3v) is 3.27. The first-order valence-electron chi connectivity index (χ1n) is 6.54. The van der Waals surface area contributed by atoms with Gasteiger partial charge in [-0.25, -0.2) is 4.68 Å². The van der Waals surface area contributed by atoms with Crippen LogP contribution in [0.5, 0.6) is 0 Å². The summed E-state index contributed by atoms with van der Waals surface area (Å²) in [5.74, 6) is 0.979. The quantitative estimate of drug-likeness (QED) is 0.842. The van der Waals surface area contributed by atoms with Gasteiger partial charge in [0.2, 0.25) is 11.9 Å². The molecule has 0 saturated carbocycles. The number of nitrogens with two attached hydrogens (primary N) is 1. The Morgan fingerprint density at radius 1 is 1.45 bits per heavy atom. The third-order valence-electron chi connectivity index (χ3n) is 3.27. The van der Waals surface area contributed by atoms with Crippen LogP contribution in [0.1, 0.15) is 19.8 Å². The lowest BCUT2D eigenvalue weighted by molar-refractivity contribution is 0.0314. The maximum atomic E-state index is 5.71. The molecule has 1 saturated heterocycles. The van der Waals surface area contributed by atoms with E-state index in [2.05, 4.69) is 32.3 Å². The summed E-state index contributed by atoms with van der Waals surface area (Å²) >= 11 is 0. The highest BCUT2D eigenvalue weighted by Gasteiger charge is 2.29. The van der Waals surface area contributed by atoms with Crippen LogP contribution in [0.15, 0.2) is 18.5 Å². The van der Waals surface area contributed by atoms with Crippen LogP contribution in [0.4, 0.5) is 11.9 Å². The summed E-state index contributed by atoms with van der Waals surface area (Å²) in [5, 5.41) is 7.24. The number of rotatable bonds is 4. The van der Waals surface area contributed by atoms with Gasteiger partial charge in [-0.05, 0) is 25.8 Å². The molecule has 8 heteroatoms. The molecule has 3 rings (SSSR count). The molecule has 3 N–H and O–H groups in total. The third kappa shape index (κ3) is 2.69. The van der Waals surface area contributed by atoms with Crippen LogP contribution in [-0.4, -0.2) is 43.5 Å². The van der Waals surface area contributed by atoms with Gasteiger partial charge in [-0.1, -0.05) is 0 Å². The van der Waals surface area contributed by atoms with Crippen molar-refractivity contribution in [2.75, 3.05) is 24.2 Å². The lowest BCUT2D eigenvalue weighted by Crippen LogP contribution is -2.33. The predicted molar refractivity (Wildman–Crippen MR) is 73.4 cm³/mol. The highest BCUT2D eigenvalue weighted by atomic mass is 16.5. The number of hydrogen-bond acceptors (Lipinski definition) is 7. The molecule has 0 bridgehead atoms. The van der Waals surface area contributed by atoms with E-state index in [4.69, 9.17) is 10.5 Å². The van der Waals surface area contributed by atoms with Gasteiger partial charge in [0, 0.05) is 25.5 Å². The Labute approximate surface area is 116 Å². The van der Waals surface area contributed by atoms with E-state index in [1.165, 1.54) is 4.68 Å². The second kappa shape index (κ2) is 5.04. The molecule has 1 aliphatic heterocycles. The minimum absolute atomic E-state index is 0.158. The molecule has 3 heterocycles. The van der Waals surface area contributed by atoms with Crippen molar-refractivity contribution < 1.29 is 4.74 Å². The Kier molecular flexibility index (Phi) is 3.23. The van der Waals surface area contributed by atoms with Crippen LogP contribution < -0.4 is 11.1 Å². The molecule has 0 radical (unpaired) electrons. The molecular weight excluding hydrogens is 258 g/mol. The van der Waals surface area contributed by atoms with Crippen molar-refractivity contribution in [2.45, 2.75) is 25.4 Å². The zero-order chi connectivity index (χ0) is 14.0. The monoisotopic (exact) mass is 275 g/mol. The van der Waals surface area contributed by atoms with Crippen LogP contribution in [0.2, 0.25) is 0 Å². The number of nitrogens with one attached hydrogen (secondary N) is 1. The summed E-state index contributed by atoms with van der Waals surface area (Å²) in [7, 11) is 0. The highest BCUT2D eigenvalue weighted by molar-refractivity contribution is 5.35. The van der Waals surface area contributed by atoms with Crippen molar-refractivity contribution in [3.05, 3.63) is 18.5 Å². The number of nitrogens with zero attached hydrogens (tertiary/aromatic N) is 5. The molecule has 20 heavy (non-hydrogen) atoms. The van der Waals surface area contributed by atoms with Gasteiger partial charge in [0.05, 0.1) is 5.60 Å². The first-order chi connectivity index (χ1) is 9.65. The van der Waals surface area contributed by atoms with Crippen molar-refractivity contribution in [1.29, 1.82) is 0 Å². The first kappa shape index (κ1) is 12.8. The summed E-state index contributed by atoms with van der Waals surface area (Å²) in [5.41, 5.74) is 5.53. The molecule has 0 aliphatic carbocycles. The zero-order valence-electron chi connectivity index (χ0n) is 11.3. The fourth-order valence-corrected chi connectivity index (χ4v) is 2.19. The normalized spacial score (nSPS) is 22.1. The summed E-state index contributed by atoms with van der Waals surface area (Å²) in [6, 6.07) is 1.79. The SMILES string of the molecule is CC1(CNc2nc(N)nc(-n3cccn3)n2)CCCO1. The maximum Gasteiger partial charge on any atom is 0.257 e. The fraction of sp³-hybridized carbons (Fsp3) is 0.500. The van der Waals surface area contributed by atoms with E-state index in [-0.39, 0.29) is 11.5 Å². The van der Waals surface area contributed by atoms with Gasteiger partial charge in [0.1, 0.15) is 0 Å². The second-order valence-corrected chi connectivity index (χ2v) is 5.02. The molecule has 106 valence electrons. The van der Waals surface area contributed by atoms with Crippen molar-refractivity contribution in [1.82, 2.24) is 24.7 Å². The summed E-state index contributed by atoms with van der Waals surface area (Å²) in [4.78, 5) is 12.4. The number of hydrogen-bond donors (Lipinski definition) is 2. The molecule has 2 aromatic rings. The number of anilines is 2. The van der Waals surface area contributed by atoms with Gasteiger partial charge in [0.15, 0.2) is 0 Å². The van der Waals surface area contributed by atoms with Crippen molar-refractivity contribution in [2.24, 2.45) is 0 Å². The topological polar surface area (TPSA) is 104 Å². The Hall–Kier alpha value is -2.22. The van der Waals surface area contributed by atoms with E-state index in [1.54, 1.807) is 18.5 Å². The van der Waals surface area contributed by atoms with Crippen LogP contribution >= 0.6 is 0 Å². The van der Waals surface area contributed by atoms with E-state index >= 15 is 0 Å². The molecular formula is C12H17N7O. The van der Waals surface area contributed by atoms with Crippen LogP contribution in [0, 0.1) is 0 Å². The van der Waals surface area contributed by atoms with E-state index in [0.717, 1.165) is 19.4 Å².